The second-order valence-corrected chi connectivity index (χ2v) is 11.1. The zero-order chi connectivity index (χ0) is 24.6. The fourth-order valence-electron chi connectivity index (χ4n) is 5.13. The molecule has 35 heavy (non-hydrogen) atoms. The first-order chi connectivity index (χ1) is 16.9. The third-order valence-electron chi connectivity index (χ3n) is 7.03. The van der Waals surface area contributed by atoms with Crippen LogP contribution >= 0.6 is 0 Å². The van der Waals surface area contributed by atoms with E-state index in [1.165, 1.54) is 4.31 Å². The average molecular weight is 501 g/mol. The van der Waals surface area contributed by atoms with Gasteiger partial charge in [-0.1, -0.05) is 6.07 Å². The number of likely N-dealkylation sites (N-methyl/N-ethyl adjacent to an activating group) is 1. The third kappa shape index (κ3) is 4.63. The highest BCUT2D eigenvalue weighted by molar-refractivity contribution is 7.89. The molecule has 0 unspecified atom stereocenters. The summed E-state index contributed by atoms with van der Waals surface area (Å²) in [6.07, 6.45) is 1.75. The number of benzene rings is 2. The van der Waals surface area contributed by atoms with Crippen molar-refractivity contribution >= 4 is 38.7 Å². The summed E-state index contributed by atoms with van der Waals surface area (Å²) in [7, 11) is -1.77. The van der Waals surface area contributed by atoms with Crippen LogP contribution in [0.2, 0.25) is 0 Å². The van der Waals surface area contributed by atoms with Crippen LogP contribution < -0.4 is 15.1 Å². The van der Waals surface area contributed by atoms with Gasteiger partial charge in [-0.25, -0.2) is 8.42 Å². The van der Waals surface area contributed by atoms with Crippen LogP contribution in [0.5, 0.6) is 0 Å². The maximum Gasteiger partial charge on any atom is 0.249 e. The summed E-state index contributed by atoms with van der Waals surface area (Å²) in [6, 6.07) is 12.8. The lowest BCUT2D eigenvalue weighted by atomic mass is 9.99. The molecule has 0 radical (unpaired) electrons. The van der Waals surface area contributed by atoms with Crippen LogP contribution in [0.4, 0.5) is 22.7 Å². The molecule has 2 aromatic rings. The minimum absolute atomic E-state index is 0.0747. The van der Waals surface area contributed by atoms with Crippen LogP contribution in [0.25, 0.3) is 0 Å². The SMILES string of the molecule is C[C@@H]1C(=O)N(C)c2ccc(Nc3cccc(S(=O)(=O)N4CCOCC4)c3)cc2N1C1CCOCC1. The van der Waals surface area contributed by atoms with E-state index in [1.54, 1.807) is 23.1 Å². The molecule has 0 aliphatic carbocycles. The lowest BCUT2D eigenvalue weighted by molar-refractivity contribution is -0.119. The van der Waals surface area contributed by atoms with Crippen molar-refractivity contribution in [2.75, 3.05) is 61.7 Å². The van der Waals surface area contributed by atoms with Gasteiger partial charge < -0.3 is 24.6 Å². The summed E-state index contributed by atoms with van der Waals surface area (Å²) >= 11 is 0. The van der Waals surface area contributed by atoms with E-state index in [2.05, 4.69) is 10.2 Å². The number of amides is 1. The van der Waals surface area contributed by atoms with Crippen LogP contribution in [0.3, 0.4) is 0 Å². The van der Waals surface area contributed by atoms with Crippen molar-refractivity contribution < 1.29 is 22.7 Å². The molecule has 5 rings (SSSR count). The zero-order valence-corrected chi connectivity index (χ0v) is 21.0. The smallest absolute Gasteiger partial charge is 0.249 e. The monoisotopic (exact) mass is 500 g/mol. The molecule has 0 spiro atoms. The van der Waals surface area contributed by atoms with Crippen molar-refractivity contribution in [1.82, 2.24) is 4.31 Å². The van der Waals surface area contributed by atoms with Gasteiger partial charge in [0.15, 0.2) is 0 Å². The Hall–Kier alpha value is -2.66. The van der Waals surface area contributed by atoms with Gasteiger partial charge in [-0.15, -0.1) is 0 Å². The number of hydrogen-bond acceptors (Lipinski definition) is 7. The number of sulfonamides is 1. The molecule has 1 amide bonds. The molecule has 0 aromatic heterocycles. The first-order valence-corrected chi connectivity index (χ1v) is 13.5. The molecule has 3 aliphatic heterocycles. The number of ether oxygens (including phenoxy) is 2. The summed E-state index contributed by atoms with van der Waals surface area (Å²) in [5, 5.41) is 3.37. The van der Waals surface area contributed by atoms with Gasteiger partial charge >= 0.3 is 0 Å². The maximum absolute atomic E-state index is 13.1. The van der Waals surface area contributed by atoms with Crippen LogP contribution in [0, 0.1) is 0 Å². The van der Waals surface area contributed by atoms with Crippen molar-refractivity contribution in [1.29, 1.82) is 0 Å². The molecule has 2 aromatic carbocycles. The third-order valence-corrected chi connectivity index (χ3v) is 8.93. The van der Waals surface area contributed by atoms with E-state index in [0.29, 0.717) is 45.2 Å². The van der Waals surface area contributed by atoms with Gasteiger partial charge in [-0.05, 0) is 56.2 Å². The maximum atomic E-state index is 13.1. The molecule has 9 nitrogen and oxygen atoms in total. The molecule has 10 heteroatoms. The predicted octanol–water partition coefficient (Wildman–Crippen LogP) is 2.80. The highest BCUT2D eigenvalue weighted by atomic mass is 32.2. The normalized spacial score (nSPS) is 22.2. The van der Waals surface area contributed by atoms with E-state index in [9.17, 15) is 13.2 Å². The number of nitrogens with zero attached hydrogens (tertiary/aromatic N) is 3. The van der Waals surface area contributed by atoms with Gasteiger partial charge in [0.25, 0.3) is 0 Å². The van der Waals surface area contributed by atoms with E-state index in [1.807, 2.05) is 38.2 Å². The van der Waals surface area contributed by atoms with E-state index in [-0.39, 0.29) is 22.9 Å². The van der Waals surface area contributed by atoms with Crippen LogP contribution in [0.15, 0.2) is 47.4 Å². The Morgan fingerprint density at radius 1 is 0.914 bits per heavy atom. The number of hydrogen-bond donors (Lipinski definition) is 1. The zero-order valence-electron chi connectivity index (χ0n) is 20.1. The molecule has 2 saturated heterocycles. The minimum Gasteiger partial charge on any atom is -0.381 e. The first-order valence-electron chi connectivity index (χ1n) is 12.1. The summed E-state index contributed by atoms with van der Waals surface area (Å²) in [6.45, 7) is 4.87. The first kappa shape index (κ1) is 24.1. The molecule has 188 valence electrons. The van der Waals surface area contributed by atoms with E-state index < -0.39 is 10.0 Å². The summed E-state index contributed by atoms with van der Waals surface area (Å²) in [5.74, 6) is 0.0747. The van der Waals surface area contributed by atoms with Gasteiger partial charge in [0.1, 0.15) is 6.04 Å². The molecule has 0 saturated carbocycles. The highest BCUT2D eigenvalue weighted by Crippen LogP contribution is 2.40. The standard InChI is InChI=1S/C25H32N4O5S/c1-18-25(30)27(2)23-7-6-20(17-24(23)29(18)21-8-12-33-13-9-21)26-19-4-3-5-22(16-19)35(31,32)28-10-14-34-15-11-28/h3-7,16-18,21,26H,8-15H2,1-2H3/t18-/m1/s1. The van der Waals surface area contributed by atoms with Crippen molar-refractivity contribution in [2.24, 2.45) is 0 Å². The number of fused-ring (bicyclic) bond motifs is 1. The number of rotatable bonds is 5. The van der Waals surface area contributed by atoms with Gasteiger partial charge in [0.05, 0.1) is 29.5 Å². The van der Waals surface area contributed by atoms with Crippen molar-refractivity contribution in [3.05, 3.63) is 42.5 Å². The van der Waals surface area contributed by atoms with Gasteiger partial charge in [-0.2, -0.15) is 4.31 Å². The van der Waals surface area contributed by atoms with E-state index >= 15 is 0 Å². The van der Waals surface area contributed by atoms with Crippen LogP contribution in [-0.4, -0.2) is 77.3 Å². The Balaban J connectivity index is 1.44. The van der Waals surface area contributed by atoms with Gasteiger partial charge in [-0.3, -0.25) is 4.79 Å². The molecular weight excluding hydrogens is 468 g/mol. The Morgan fingerprint density at radius 2 is 1.60 bits per heavy atom. The predicted molar refractivity (Wildman–Crippen MR) is 135 cm³/mol. The second kappa shape index (κ2) is 9.77. The summed E-state index contributed by atoms with van der Waals surface area (Å²) in [4.78, 5) is 17.1. The van der Waals surface area contributed by atoms with Crippen LogP contribution in [0.1, 0.15) is 19.8 Å². The average Bonchev–Trinajstić information content (AvgIpc) is 2.89. The molecule has 0 bridgehead atoms. The van der Waals surface area contributed by atoms with Gasteiger partial charge in [0, 0.05) is 50.8 Å². The number of carbonyl (C=O) groups is 1. The fraction of sp³-hybridized carbons (Fsp3) is 0.480. The van der Waals surface area contributed by atoms with Crippen molar-refractivity contribution in [2.45, 2.75) is 36.7 Å². The molecule has 1 atom stereocenters. The number of carbonyl (C=O) groups excluding carboxylic acids is 1. The van der Waals surface area contributed by atoms with E-state index in [4.69, 9.17) is 9.47 Å². The summed E-state index contributed by atoms with van der Waals surface area (Å²) < 4.78 is 38.5. The number of morpholine rings is 1. The van der Waals surface area contributed by atoms with Gasteiger partial charge in [0.2, 0.25) is 15.9 Å². The molecule has 3 heterocycles. The van der Waals surface area contributed by atoms with Crippen molar-refractivity contribution in [3.8, 4) is 0 Å². The lowest BCUT2D eigenvalue weighted by Gasteiger charge is -2.45. The number of nitrogens with one attached hydrogen (secondary N) is 1. The molecule has 2 fully saturated rings. The molecule has 1 N–H and O–H groups in total. The Morgan fingerprint density at radius 3 is 2.34 bits per heavy atom. The summed E-state index contributed by atoms with van der Waals surface area (Å²) in [5.41, 5.74) is 3.38. The highest BCUT2D eigenvalue weighted by Gasteiger charge is 2.38. The lowest BCUT2D eigenvalue weighted by Crippen LogP contribution is -2.55. The quantitative estimate of drug-likeness (QED) is 0.675. The second-order valence-electron chi connectivity index (χ2n) is 9.20. The Bertz CT molecular complexity index is 1190. The largest absolute Gasteiger partial charge is 0.381 e. The topological polar surface area (TPSA) is 91.4 Å². The fourth-order valence-corrected chi connectivity index (χ4v) is 6.59. The van der Waals surface area contributed by atoms with Crippen molar-refractivity contribution in [3.63, 3.8) is 0 Å². The molecule has 3 aliphatic rings. The van der Waals surface area contributed by atoms with Crippen LogP contribution in [-0.2, 0) is 24.3 Å². The van der Waals surface area contributed by atoms with E-state index in [0.717, 1.165) is 29.9 Å². The Labute approximate surface area is 206 Å². The minimum atomic E-state index is -3.59. The Kier molecular flexibility index (Phi) is 6.71. The molecular formula is C25H32N4O5S. The number of anilines is 4.